The number of furan rings is 1. The number of fused-ring (bicyclic) bond motifs is 5. The minimum Gasteiger partial charge on any atom is -0.507 e. The molecule has 0 saturated heterocycles. The topological polar surface area (TPSA) is 60.0 Å². The van der Waals surface area contributed by atoms with Crippen molar-refractivity contribution in [2.75, 3.05) is 0 Å². The smallest absolute Gasteiger partial charge is 0.507 e. The van der Waals surface area contributed by atoms with E-state index in [1.807, 2.05) is 84.9 Å². The number of aromatic hydroxyl groups is 1. The monoisotopic (exact) mass is 1240 g/mol. The fourth-order valence-corrected chi connectivity index (χ4v) is 11.0. The molecule has 0 fully saturated rings. The van der Waals surface area contributed by atoms with Gasteiger partial charge in [-0.2, -0.15) is 0 Å². The van der Waals surface area contributed by atoms with Crippen molar-refractivity contribution in [3.05, 3.63) is 241 Å². The molecule has 6 nitrogen and oxygen atoms in total. The SMILES string of the molecule is [2H]c1c([2H])c([2H])c(-c2cccc(-c3c([2H])c([2H])c([2H])c([2H])c3[2H])c2-[n+]2[c-]n(-c3[c-]c(-c4cccc5c4nc(-c4cc(C(C)(C)C)cc(C(C)(C)C)c4O)n5-c4ccc(C(C)(C)C)cc4-c4ccccc4)cc4c3oc3ccccc34)c3ccccc32)c([2H])c1[2H].[Pt+2]. The van der Waals surface area contributed by atoms with Crippen LogP contribution < -0.4 is 4.57 Å². The van der Waals surface area contributed by atoms with Crippen molar-refractivity contribution in [2.24, 2.45) is 0 Å². The Balaban J connectivity index is 0.00000800. The van der Waals surface area contributed by atoms with Crippen molar-refractivity contribution in [2.45, 2.75) is 78.6 Å². The molecule has 0 aliphatic carbocycles. The van der Waals surface area contributed by atoms with Crippen LogP contribution in [0.1, 0.15) is 92.7 Å². The molecule has 1 N–H and O–H groups in total. The molecule has 0 aliphatic heterocycles. The van der Waals surface area contributed by atoms with Gasteiger partial charge in [-0.25, -0.2) is 4.98 Å². The standard InChI is InChI=1S/C74H63N4O2.Pt/c1-72(2,3)51-39-40-61(57(43-51)49-29-17-12-18-30-49)78-64-37-24-32-53(67(64)75-71(78)59-44-52(73(4,5)6)45-60(69(59)79)74(7,8)9)50-41-58-56-31-19-22-38-66(56)80-70(58)65(42-50)76-46-77(63-36-21-20-35-62(63)76)68-54(47-25-13-10-14-26-47)33-23-34-55(68)48-27-15-11-16-28-48;/h10-41,43-45,79H,1-9H3;/q-1;+2/i10D,11D,13D,14D,15D,16D,25D,26D,27D,28D;. The summed E-state index contributed by atoms with van der Waals surface area (Å²) in [6, 6.07) is 47.4. The summed E-state index contributed by atoms with van der Waals surface area (Å²) in [6.07, 6.45) is 3.58. The second-order valence-corrected chi connectivity index (χ2v) is 23.5. The van der Waals surface area contributed by atoms with Crippen LogP contribution in [-0.4, -0.2) is 19.2 Å². The van der Waals surface area contributed by atoms with Crippen LogP contribution in [0.3, 0.4) is 0 Å². The Morgan fingerprint density at radius 3 is 1.83 bits per heavy atom. The molecule has 3 heterocycles. The van der Waals surface area contributed by atoms with Crippen LogP contribution in [0, 0.1) is 12.4 Å². The average molecular weight is 1250 g/mol. The second kappa shape index (κ2) is 20.2. The first kappa shape index (κ1) is 42.3. The molecule has 0 radical (unpaired) electrons. The normalized spacial score (nSPS) is 13.9. The molecule has 10 aromatic carbocycles. The van der Waals surface area contributed by atoms with E-state index < -0.39 is 65.8 Å². The predicted molar refractivity (Wildman–Crippen MR) is 329 cm³/mol. The molecular formula is C74H63N4O2Pt+. The number of aromatic nitrogens is 4. The van der Waals surface area contributed by atoms with E-state index in [-0.39, 0.29) is 65.6 Å². The first-order valence-electron chi connectivity index (χ1n) is 31.9. The van der Waals surface area contributed by atoms with Gasteiger partial charge in [0.15, 0.2) is 0 Å². The summed E-state index contributed by atoms with van der Waals surface area (Å²) in [5, 5.41) is 14.4. The predicted octanol–water partition coefficient (Wildman–Crippen LogP) is 18.7. The fourth-order valence-electron chi connectivity index (χ4n) is 11.0. The number of imidazole rings is 2. The summed E-state index contributed by atoms with van der Waals surface area (Å²) in [4.78, 5) is 5.72. The molecule has 3 aromatic heterocycles. The van der Waals surface area contributed by atoms with Crippen LogP contribution in [-0.2, 0) is 37.3 Å². The van der Waals surface area contributed by atoms with E-state index in [0.29, 0.717) is 55.9 Å². The number of phenols is 1. The average Bonchev–Trinajstić information content (AvgIpc) is 1.67. The van der Waals surface area contributed by atoms with Gasteiger partial charge in [-0.15, -0.1) is 17.7 Å². The zero-order valence-electron chi connectivity index (χ0n) is 56.4. The summed E-state index contributed by atoms with van der Waals surface area (Å²) in [7, 11) is 0. The molecule has 0 aliphatic rings. The summed E-state index contributed by atoms with van der Waals surface area (Å²) >= 11 is 0. The Kier molecular flexibility index (Phi) is 10.6. The zero-order chi connectivity index (χ0) is 63.9. The molecule has 0 atom stereocenters. The van der Waals surface area contributed by atoms with Crippen molar-refractivity contribution < 1.29 is 48.9 Å². The summed E-state index contributed by atoms with van der Waals surface area (Å²) in [6.45, 7) is 19.4. The number of phenolic OH excluding ortho intramolecular Hbond substituents is 1. The van der Waals surface area contributed by atoms with Gasteiger partial charge in [-0.05, 0) is 85.5 Å². The molecule has 400 valence electrons. The first-order chi connectivity index (χ1) is 42.6. The van der Waals surface area contributed by atoms with E-state index >= 15 is 0 Å². The van der Waals surface area contributed by atoms with Crippen LogP contribution in [0.2, 0.25) is 0 Å². The Labute approximate surface area is 503 Å². The number of hydrogen-bond acceptors (Lipinski definition) is 3. The third-order valence-electron chi connectivity index (χ3n) is 15.2. The largest absolute Gasteiger partial charge is 2.00 e. The van der Waals surface area contributed by atoms with Crippen molar-refractivity contribution in [1.82, 2.24) is 14.1 Å². The summed E-state index contributed by atoms with van der Waals surface area (Å²) < 4.78 is 102. The van der Waals surface area contributed by atoms with Crippen LogP contribution in [0.4, 0.5) is 0 Å². The molecule has 0 saturated carbocycles. The van der Waals surface area contributed by atoms with Crippen molar-refractivity contribution in [3.63, 3.8) is 0 Å². The Morgan fingerprint density at radius 2 is 1.15 bits per heavy atom. The maximum Gasteiger partial charge on any atom is 2.00 e. The maximum absolute atomic E-state index is 12.8. The van der Waals surface area contributed by atoms with Crippen molar-refractivity contribution in [1.29, 1.82) is 0 Å². The molecule has 0 unspecified atom stereocenters. The molecule has 0 bridgehead atoms. The Morgan fingerprint density at radius 1 is 0.543 bits per heavy atom. The number of nitrogens with zero attached hydrogens (tertiary/aromatic N) is 4. The third kappa shape index (κ3) is 9.30. The van der Waals surface area contributed by atoms with E-state index in [2.05, 4.69) is 128 Å². The van der Waals surface area contributed by atoms with Gasteiger partial charge in [0.1, 0.15) is 17.2 Å². The van der Waals surface area contributed by atoms with Gasteiger partial charge in [-0.1, -0.05) is 249 Å². The molecule has 7 heteroatoms. The second-order valence-electron chi connectivity index (χ2n) is 23.5. The van der Waals surface area contributed by atoms with E-state index in [1.165, 1.54) is 0 Å². The van der Waals surface area contributed by atoms with Gasteiger partial charge >= 0.3 is 21.1 Å². The van der Waals surface area contributed by atoms with Crippen LogP contribution in [0.25, 0.3) is 117 Å². The van der Waals surface area contributed by atoms with Gasteiger partial charge in [0, 0.05) is 22.2 Å². The van der Waals surface area contributed by atoms with Gasteiger partial charge in [-0.3, -0.25) is 9.13 Å². The Bertz CT molecular complexity index is 5020. The van der Waals surface area contributed by atoms with Crippen molar-refractivity contribution in [3.8, 4) is 78.7 Å². The molecular weight excluding hydrogens is 1170 g/mol. The molecule has 13 aromatic rings. The van der Waals surface area contributed by atoms with E-state index in [4.69, 9.17) is 17.6 Å². The van der Waals surface area contributed by atoms with E-state index in [0.717, 1.165) is 49.8 Å². The van der Waals surface area contributed by atoms with Gasteiger partial charge in [0.05, 0.1) is 58.3 Å². The van der Waals surface area contributed by atoms with Gasteiger partial charge in [0.25, 0.3) is 6.33 Å². The quantitative estimate of drug-likeness (QED) is 0.122. The molecule has 0 spiro atoms. The van der Waals surface area contributed by atoms with Crippen LogP contribution in [0.15, 0.2) is 217 Å². The Hall–Kier alpha value is -8.57. The fraction of sp³-hybridized carbons (Fsp3) is 0.162. The van der Waals surface area contributed by atoms with Crippen LogP contribution in [0.5, 0.6) is 5.75 Å². The number of hydrogen-bond donors (Lipinski definition) is 1. The zero-order valence-corrected chi connectivity index (χ0v) is 48.7. The molecule has 13 rings (SSSR count). The minimum atomic E-state index is -0.592. The number of benzene rings is 10. The third-order valence-corrected chi connectivity index (χ3v) is 15.2. The number of para-hydroxylation sites is 5. The summed E-state index contributed by atoms with van der Waals surface area (Å²) in [5.41, 5.74) is 10.6. The molecule has 81 heavy (non-hydrogen) atoms. The van der Waals surface area contributed by atoms with Crippen molar-refractivity contribution >= 4 is 44.0 Å². The van der Waals surface area contributed by atoms with E-state index in [9.17, 15) is 10.6 Å². The van der Waals surface area contributed by atoms with Gasteiger partial charge in [0.2, 0.25) is 0 Å². The number of rotatable bonds is 8. The minimum absolute atomic E-state index is 0. The molecule has 0 amide bonds. The maximum atomic E-state index is 12.8. The first-order valence-corrected chi connectivity index (χ1v) is 26.9. The van der Waals surface area contributed by atoms with Gasteiger partial charge < -0.3 is 14.1 Å². The van der Waals surface area contributed by atoms with Crippen LogP contribution >= 0.6 is 0 Å². The summed E-state index contributed by atoms with van der Waals surface area (Å²) in [5.74, 6) is 0.660. The van der Waals surface area contributed by atoms with E-state index in [1.54, 1.807) is 27.3 Å².